The fourth-order valence-corrected chi connectivity index (χ4v) is 4.72. The predicted octanol–water partition coefficient (Wildman–Crippen LogP) is 7.42. The number of rotatable bonds is 21. The first kappa shape index (κ1) is 27.2. The number of nitrogens with one attached hydrogen (secondary N) is 1. The molecule has 1 aliphatic rings. The van der Waals surface area contributed by atoms with E-state index < -0.39 is 0 Å². The molecule has 0 spiro atoms. The third kappa shape index (κ3) is 12.2. The van der Waals surface area contributed by atoms with E-state index in [1.807, 2.05) is 0 Å². The number of allylic oxidation sites excluding steroid dienone is 2. The smallest absolute Gasteiger partial charge is 0.166 e. The van der Waals surface area contributed by atoms with Crippen LogP contribution in [0.2, 0.25) is 0 Å². The third-order valence-electron chi connectivity index (χ3n) is 6.88. The van der Waals surface area contributed by atoms with Gasteiger partial charge in [0.05, 0.1) is 19.4 Å². The lowest BCUT2D eigenvalue weighted by atomic mass is 10.0. The second-order valence-corrected chi connectivity index (χ2v) is 9.30. The van der Waals surface area contributed by atoms with Crippen molar-refractivity contribution in [3.63, 3.8) is 0 Å². The normalized spacial score (nSPS) is 21.0. The van der Waals surface area contributed by atoms with E-state index in [0.717, 1.165) is 17.6 Å². The summed E-state index contributed by atoms with van der Waals surface area (Å²) in [6.07, 6.45) is 32.9. The second kappa shape index (κ2) is 18.9. The zero-order valence-electron chi connectivity index (χ0n) is 20.4. The van der Waals surface area contributed by atoms with Crippen molar-refractivity contribution in [2.45, 2.75) is 129 Å². The summed E-state index contributed by atoms with van der Waals surface area (Å²) in [5, 5.41) is 12.9. The molecular formula is C27H53N2O+. The molecule has 2 atom stereocenters. The highest BCUT2D eigenvalue weighted by Gasteiger charge is 2.35. The Morgan fingerprint density at radius 2 is 1.30 bits per heavy atom. The molecule has 0 saturated heterocycles. The van der Waals surface area contributed by atoms with E-state index in [4.69, 9.17) is 0 Å². The summed E-state index contributed by atoms with van der Waals surface area (Å²) in [6, 6.07) is 0. The molecule has 2 unspecified atom stereocenters. The van der Waals surface area contributed by atoms with Crippen molar-refractivity contribution >= 4 is 0 Å². The van der Waals surface area contributed by atoms with Crippen LogP contribution >= 0.6 is 0 Å². The third-order valence-corrected chi connectivity index (χ3v) is 6.88. The van der Waals surface area contributed by atoms with Crippen molar-refractivity contribution in [3.8, 4) is 0 Å². The van der Waals surface area contributed by atoms with E-state index in [1.165, 1.54) is 109 Å². The molecule has 30 heavy (non-hydrogen) atoms. The molecule has 0 aromatic carbocycles. The summed E-state index contributed by atoms with van der Waals surface area (Å²) in [6.45, 7) is 6.66. The lowest BCUT2D eigenvalue weighted by Gasteiger charge is -2.36. The Morgan fingerprint density at radius 3 is 1.83 bits per heavy atom. The van der Waals surface area contributed by atoms with Gasteiger partial charge in [-0.1, -0.05) is 96.1 Å². The number of hydrogen-bond donors (Lipinski definition) is 2. The molecule has 0 aromatic rings. The number of hydrogen-bond acceptors (Lipinski definition) is 2. The van der Waals surface area contributed by atoms with Crippen LogP contribution in [-0.4, -0.2) is 35.5 Å². The Kier molecular flexibility index (Phi) is 17.2. The van der Waals surface area contributed by atoms with Crippen LogP contribution in [0.15, 0.2) is 24.6 Å². The average molecular weight is 422 g/mol. The van der Waals surface area contributed by atoms with E-state index in [-0.39, 0.29) is 6.61 Å². The molecule has 0 saturated carbocycles. The van der Waals surface area contributed by atoms with Gasteiger partial charge >= 0.3 is 0 Å². The molecule has 3 nitrogen and oxygen atoms in total. The lowest BCUT2D eigenvalue weighted by molar-refractivity contribution is -0.900. The lowest BCUT2D eigenvalue weighted by Crippen LogP contribution is -2.54. The maximum Gasteiger partial charge on any atom is 0.166 e. The number of nitrogens with zero attached hydrogens (tertiary/aromatic N) is 1. The molecule has 1 heterocycles. The molecule has 0 bridgehead atoms. The van der Waals surface area contributed by atoms with Crippen LogP contribution in [0.3, 0.4) is 0 Å². The van der Waals surface area contributed by atoms with Crippen LogP contribution in [-0.2, 0) is 0 Å². The molecule has 0 fully saturated rings. The van der Waals surface area contributed by atoms with Crippen LogP contribution in [0.25, 0.3) is 0 Å². The molecule has 2 N–H and O–H groups in total. The Bertz CT molecular complexity index is 435. The van der Waals surface area contributed by atoms with Gasteiger partial charge in [-0.25, -0.2) is 0 Å². The van der Waals surface area contributed by atoms with Gasteiger partial charge in [0.1, 0.15) is 12.7 Å². The van der Waals surface area contributed by atoms with Crippen LogP contribution in [0.1, 0.15) is 123 Å². The SMILES string of the molecule is CCCC/C=C/CCCCCCCCCCCCCCC1NC=C[N+]1(CC)CCO. The first-order valence-corrected chi connectivity index (χ1v) is 13.3. The monoisotopic (exact) mass is 421 g/mol. The Labute approximate surface area is 188 Å². The van der Waals surface area contributed by atoms with Gasteiger partial charge in [0.2, 0.25) is 0 Å². The topological polar surface area (TPSA) is 32.3 Å². The maximum atomic E-state index is 9.39. The fraction of sp³-hybridized carbons (Fsp3) is 0.852. The second-order valence-electron chi connectivity index (χ2n) is 9.30. The van der Waals surface area contributed by atoms with Crippen molar-refractivity contribution in [3.05, 3.63) is 24.6 Å². The van der Waals surface area contributed by atoms with Crippen molar-refractivity contribution < 1.29 is 9.59 Å². The highest BCUT2D eigenvalue weighted by molar-refractivity contribution is 4.84. The number of unbranched alkanes of at least 4 members (excludes halogenated alkanes) is 14. The molecule has 1 aliphatic heterocycles. The Balaban J connectivity index is 1.83. The highest BCUT2D eigenvalue weighted by Crippen LogP contribution is 2.23. The molecule has 0 amide bonds. The summed E-state index contributed by atoms with van der Waals surface area (Å²) < 4.78 is 0.909. The van der Waals surface area contributed by atoms with Crippen molar-refractivity contribution in [2.24, 2.45) is 0 Å². The summed E-state index contributed by atoms with van der Waals surface area (Å²) in [4.78, 5) is 0. The summed E-state index contributed by atoms with van der Waals surface area (Å²) in [5.41, 5.74) is 0. The van der Waals surface area contributed by atoms with Gasteiger partial charge < -0.3 is 10.4 Å². The molecule has 0 aliphatic carbocycles. The van der Waals surface area contributed by atoms with Gasteiger partial charge in [-0.05, 0) is 32.6 Å². The Hall–Kier alpha value is -0.800. The molecule has 3 heteroatoms. The summed E-state index contributed by atoms with van der Waals surface area (Å²) >= 11 is 0. The molecular weight excluding hydrogens is 368 g/mol. The van der Waals surface area contributed by atoms with E-state index in [0.29, 0.717) is 6.17 Å². The fourth-order valence-electron chi connectivity index (χ4n) is 4.72. The number of likely N-dealkylation sites (N-methyl/N-ethyl adjacent to an activating group) is 1. The number of aliphatic hydroxyl groups excluding tert-OH is 1. The van der Waals surface area contributed by atoms with Crippen LogP contribution in [0, 0.1) is 0 Å². The maximum absolute atomic E-state index is 9.39. The van der Waals surface area contributed by atoms with Crippen LogP contribution in [0.4, 0.5) is 0 Å². The molecule has 176 valence electrons. The first-order chi connectivity index (χ1) is 14.8. The predicted molar refractivity (Wildman–Crippen MR) is 132 cm³/mol. The minimum Gasteiger partial charge on any atom is -0.390 e. The number of aliphatic hydroxyl groups is 1. The van der Waals surface area contributed by atoms with Gasteiger partial charge in [-0.15, -0.1) is 0 Å². The highest BCUT2D eigenvalue weighted by atomic mass is 16.3. The molecule has 0 aromatic heterocycles. The molecule has 1 rings (SSSR count). The number of quaternary nitrogens is 1. The minimum atomic E-state index is 0.271. The van der Waals surface area contributed by atoms with Gasteiger partial charge in [-0.3, -0.25) is 4.48 Å². The average Bonchev–Trinajstić information content (AvgIpc) is 3.16. The zero-order chi connectivity index (χ0) is 21.8. The zero-order valence-corrected chi connectivity index (χ0v) is 20.4. The van der Waals surface area contributed by atoms with Crippen molar-refractivity contribution in [1.82, 2.24) is 5.32 Å². The minimum absolute atomic E-state index is 0.271. The van der Waals surface area contributed by atoms with E-state index in [9.17, 15) is 5.11 Å². The van der Waals surface area contributed by atoms with Crippen LogP contribution in [0.5, 0.6) is 0 Å². The molecule has 0 radical (unpaired) electrons. The van der Waals surface area contributed by atoms with Gasteiger partial charge in [-0.2, -0.15) is 0 Å². The van der Waals surface area contributed by atoms with E-state index in [2.05, 4.69) is 43.7 Å². The van der Waals surface area contributed by atoms with Gasteiger partial charge in [0.25, 0.3) is 0 Å². The van der Waals surface area contributed by atoms with Gasteiger partial charge in [0, 0.05) is 6.42 Å². The van der Waals surface area contributed by atoms with Crippen LogP contribution < -0.4 is 5.32 Å². The van der Waals surface area contributed by atoms with Crippen molar-refractivity contribution in [1.29, 1.82) is 0 Å². The quantitative estimate of drug-likeness (QED) is 0.115. The van der Waals surface area contributed by atoms with Crippen molar-refractivity contribution in [2.75, 3.05) is 19.7 Å². The summed E-state index contributed by atoms with van der Waals surface area (Å²) in [7, 11) is 0. The van der Waals surface area contributed by atoms with E-state index in [1.54, 1.807) is 0 Å². The van der Waals surface area contributed by atoms with Gasteiger partial charge in [0.15, 0.2) is 6.17 Å². The van der Waals surface area contributed by atoms with E-state index >= 15 is 0 Å². The summed E-state index contributed by atoms with van der Waals surface area (Å²) in [5.74, 6) is 0. The largest absolute Gasteiger partial charge is 0.390 e. The Morgan fingerprint density at radius 1 is 0.767 bits per heavy atom. The standard InChI is InChI=1S/C27H53N2O/c1-3-5-6-7-8-9-10-11-12-13-14-15-16-17-18-19-20-21-22-27-28-23-24-29(27,4-2)25-26-30/h7-8,23-24,27-28,30H,3-6,9-22,25-26H2,1-2H3/q+1/b8-7+. The first-order valence-electron chi connectivity index (χ1n) is 13.3.